The molecule has 0 bridgehead atoms. The predicted octanol–water partition coefficient (Wildman–Crippen LogP) is 7.80. The number of benzene rings is 2. The minimum atomic E-state index is -4.92. The third-order valence-corrected chi connectivity index (χ3v) is 9.82. The molecule has 1 amide bonds. The summed E-state index contributed by atoms with van der Waals surface area (Å²) in [5, 5.41) is 0. The zero-order valence-electron chi connectivity index (χ0n) is 23.6. The van der Waals surface area contributed by atoms with E-state index < -0.39 is 28.9 Å². The van der Waals surface area contributed by atoms with Gasteiger partial charge in [-0.2, -0.15) is 26.3 Å². The first-order chi connectivity index (χ1) is 19.2. The average Bonchev–Trinajstić information content (AvgIpc) is 3.43. The largest absolute Gasteiger partial charge is 0.416 e. The number of allylic oxidation sites excluding steroid dienone is 1. The molecule has 9 heteroatoms. The first-order valence-corrected chi connectivity index (χ1v) is 14.2. The average molecular weight is 579 g/mol. The van der Waals surface area contributed by atoms with Gasteiger partial charge in [-0.15, -0.1) is 0 Å². The van der Waals surface area contributed by atoms with Crippen molar-refractivity contribution in [1.29, 1.82) is 0 Å². The van der Waals surface area contributed by atoms with Crippen molar-refractivity contribution in [2.75, 3.05) is 26.2 Å². The number of rotatable bonds is 6. The van der Waals surface area contributed by atoms with Gasteiger partial charge in [0, 0.05) is 25.0 Å². The Bertz CT molecular complexity index is 1300. The third-order valence-electron chi connectivity index (χ3n) is 9.82. The van der Waals surface area contributed by atoms with E-state index in [4.69, 9.17) is 0 Å². The van der Waals surface area contributed by atoms with Crippen LogP contribution in [0.4, 0.5) is 26.3 Å². The van der Waals surface area contributed by atoms with Gasteiger partial charge in [0.25, 0.3) is 0 Å². The molecule has 2 saturated heterocycles. The summed E-state index contributed by atoms with van der Waals surface area (Å²) in [5.74, 6) is 0.170. The van der Waals surface area contributed by atoms with Crippen molar-refractivity contribution in [3.63, 3.8) is 0 Å². The molecule has 0 saturated carbocycles. The number of carbonyl (C=O) groups is 1. The number of nitrogens with zero attached hydrogens (tertiary/aromatic N) is 2. The molecule has 1 spiro atoms. The molecule has 3 unspecified atom stereocenters. The number of hydrogen-bond donors (Lipinski definition) is 0. The topological polar surface area (TPSA) is 23.6 Å². The van der Waals surface area contributed by atoms with Crippen LogP contribution in [0.1, 0.15) is 67.9 Å². The van der Waals surface area contributed by atoms with Gasteiger partial charge in [0.2, 0.25) is 5.91 Å². The molecule has 3 atom stereocenters. The number of hydrogen-bond acceptors (Lipinski definition) is 2. The zero-order chi connectivity index (χ0) is 29.8. The Morgan fingerprint density at radius 3 is 2.22 bits per heavy atom. The molecule has 0 N–H and O–H groups in total. The quantitative estimate of drug-likeness (QED) is 0.327. The minimum absolute atomic E-state index is 0.0169. The molecule has 0 aromatic heterocycles. The summed E-state index contributed by atoms with van der Waals surface area (Å²) in [5.41, 5.74) is -0.931. The molecular weight excluding hydrogens is 542 g/mol. The first-order valence-electron chi connectivity index (χ1n) is 14.2. The normalized spacial score (nSPS) is 26.9. The van der Waals surface area contributed by atoms with E-state index in [1.165, 1.54) is 16.0 Å². The molecule has 3 aliphatic rings. The molecule has 3 nitrogen and oxygen atoms in total. The van der Waals surface area contributed by atoms with E-state index in [2.05, 4.69) is 48.2 Å². The SMILES string of the molecule is CC(C)C1(CCN2CCC3(C=Cc4ccccc43)C(C)C2)CCN(Cc2cc(C(F)(F)F)cc(C(F)(F)F)c2)C1=O. The van der Waals surface area contributed by atoms with Crippen LogP contribution in [0.2, 0.25) is 0 Å². The molecule has 5 rings (SSSR count). The molecule has 41 heavy (non-hydrogen) atoms. The smallest absolute Gasteiger partial charge is 0.338 e. The summed E-state index contributed by atoms with van der Waals surface area (Å²) in [6.07, 6.45) is -3.19. The first kappa shape index (κ1) is 29.7. The van der Waals surface area contributed by atoms with Gasteiger partial charge in [0.15, 0.2) is 0 Å². The number of amides is 1. The number of fused-ring (bicyclic) bond motifs is 2. The number of carbonyl (C=O) groups excluding carboxylic acids is 1. The van der Waals surface area contributed by atoms with Crippen molar-refractivity contribution in [1.82, 2.24) is 9.80 Å². The fraction of sp³-hybridized carbons (Fsp3) is 0.531. The van der Waals surface area contributed by atoms with E-state index >= 15 is 0 Å². The van der Waals surface area contributed by atoms with Crippen LogP contribution >= 0.6 is 0 Å². The second-order valence-electron chi connectivity index (χ2n) is 12.4. The molecule has 2 aromatic carbocycles. The second-order valence-corrected chi connectivity index (χ2v) is 12.4. The molecule has 2 aromatic rings. The number of alkyl halides is 6. The lowest BCUT2D eigenvalue weighted by atomic mass is 9.67. The molecule has 2 heterocycles. The van der Waals surface area contributed by atoms with E-state index in [9.17, 15) is 31.1 Å². The number of halogens is 6. The van der Waals surface area contributed by atoms with E-state index in [-0.39, 0.29) is 35.4 Å². The minimum Gasteiger partial charge on any atom is -0.338 e. The Hall–Kier alpha value is -2.81. The highest BCUT2D eigenvalue weighted by atomic mass is 19.4. The monoisotopic (exact) mass is 578 g/mol. The van der Waals surface area contributed by atoms with Gasteiger partial charge in [0.05, 0.1) is 16.5 Å². The van der Waals surface area contributed by atoms with E-state index in [0.29, 0.717) is 31.8 Å². The van der Waals surface area contributed by atoms with Crippen molar-refractivity contribution < 1.29 is 31.1 Å². The highest BCUT2D eigenvalue weighted by Gasteiger charge is 2.50. The van der Waals surface area contributed by atoms with E-state index in [1.54, 1.807) is 0 Å². The summed E-state index contributed by atoms with van der Waals surface area (Å²) < 4.78 is 80.2. The number of likely N-dealkylation sites (tertiary alicyclic amines) is 2. The summed E-state index contributed by atoms with van der Waals surface area (Å²) in [4.78, 5) is 17.6. The Morgan fingerprint density at radius 2 is 1.61 bits per heavy atom. The zero-order valence-corrected chi connectivity index (χ0v) is 23.6. The molecule has 1 aliphatic carbocycles. The van der Waals surface area contributed by atoms with Crippen LogP contribution in [0.15, 0.2) is 48.5 Å². The Kier molecular flexibility index (Phi) is 7.58. The van der Waals surface area contributed by atoms with Gasteiger partial charge < -0.3 is 9.80 Å². The fourth-order valence-corrected chi connectivity index (χ4v) is 7.23. The third kappa shape index (κ3) is 5.42. The van der Waals surface area contributed by atoms with Crippen LogP contribution < -0.4 is 0 Å². The molecule has 0 radical (unpaired) electrons. The van der Waals surface area contributed by atoms with Crippen LogP contribution in [-0.4, -0.2) is 41.9 Å². The Labute approximate surface area is 237 Å². The van der Waals surface area contributed by atoms with Gasteiger partial charge in [-0.3, -0.25) is 4.79 Å². The van der Waals surface area contributed by atoms with Gasteiger partial charge in [0.1, 0.15) is 0 Å². The maximum Gasteiger partial charge on any atom is 0.416 e. The maximum atomic E-state index is 13.8. The second kappa shape index (κ2) is 10.5. The Balaban J connectivity index is 1.28. The van der Waals surface area contributed by atoms with Crippen molar-refractivity contribution in [2.45, 2.75) is 64.3 Å². The maximum absolute atomic E-state index is 13.8. The summed E-state index contributed by atoms with van der Waals surface area (Å²) in [7, 11) is 0. The number of piperidine rings is 1. The standard InChI is InChI=1S/C32H36F6N2O/c1-21(2)29(10-13-39-14-11-30(22(3)19-39)9-8-24-6-4-5-7-27(24)30)12-15-40(28(29)41)20-23-16-25(31(33,34)35)18-26(17-23)32(36,37)38/h4-9,16-18,21-22H,10-15,19-20H2,1-3H3. The van der Waals surface area contributed by atoms with Crippen molar-refractivity contribution in [2.24, 2.45) is 17.3 Å². The summed E-state index contributed by atoms with van der Waals surface area (Å²) in [6, 6.07) is 10.1. The van der Waals surface area contributed by atoms with Gasteiger partial charge in [-0.1, -0.05) is 57.2 Å². The van der Waals surface area contributed by atoms with Crippen molar-refractivity contribution in [3.8, 4) is 0 Å². The highest BCUT2D eigenvalue weighted by molar-refractivity contribution is 5.85. The summed E-state index contributed by atoms with van der Waals surface area (Å²) >= 11 is 0. The van der Waals surface area contributed by atoms with Crippen LogP contribution in [0.5, 0.6) is 0 Å². The van der Waals surface area contributed by atoms with Crippen LogP contribution in [0, 0.1) is 17.3 Å². The van der Waals surface area contributed by atoms with Gasteiger partial charge in [-0.05, 0) is 79.1 Å². The predicted molar refractivity (Wildman–Crippen MR) is 146 cm³/mol. The van der Waals surface area contributed by atoms with Crippen LogP contribution in [0.25, 0.3) is 6.08 Å². The van der Waals surface area contributed by atoms with Crippen molar-refractivity contribution in [3.05, 3.63) is 76.4 Å². The van der Waals surface area contributed by atoms with E-state index in [1.807, 2.05) is 13.8 Å². The van der Waals surface area contributed by atoms with Crippen molar-refractivity contribution >= 4 is 12.0 Å². The van der Waals surface area contributed by atoms with Crippen LogP contribution in [-0.2, 0) is 29.1 Å². The highest BCUT2D eigenvalue weighted by Crippen LogP contribution is 2.48. The summed E-state index contributed by atoms with van der Waals surface area (Å²) in [6.45, 7) is 8.72. The molecule has 2 aliphatic heterocycles. The lowest BCUT2D eigenvalue weighted by Crippen LogP contribution is -2.49. The molecule has 2 fully saturated rings. The van der Waals surface area contributed by atoms with E-state index in [0.717, 1.165) is 31.6 Å². The van der Waals surface area contributed by atoms with Crippen LogP contribution in [0.3, 0.4) is 0 Å². The lowest BCUT2D eigenvalue weighted by Gasteiger charge is -2.45. The Morgan fingerprint density at radius 1 is 0.951 bits per heavy atom. The lowest BCUT2D eigenvalue weighted by molar-refractivity contribution is -0.143. The molecular formula is C32H36F6N2O. The fourth-order valence-electron chi connectivity index (χ4n) is 7.23. The van der Waals surface area contributed by atoms with Gasteiger partial charge in [-0.25, -0.2) is 0 Å². The van der Waals surface area contributed by atoms with Gasteiger partial charge >= 0.3 is 12.4 Å². The molecule has 222 valence electrons.